The minimum Gasteiger partial charge on any atom is -0.492 e. The van der Waals surface area contributed by atoms with Gasteiger partial charge in [-0.25, -0.2) is 4.79 Å². The number of hydrogen-bond donors (Lipinski definition) is 1. The van der Waals surface area contributed by atoms with E-state index in [4.69, 9.17) is 9.47 Å². The van der Waals surface area contributed by atoms with Gasteiger partial charge in [0.25, 0.3) is 0 Å². The number of hydrogen-bond acceptors (Lipinski definition) is 3. The predicted molar refractivity (Wildman–Crippen MR) is 64.1 cm³/mol. The van der Waals surface area contributed by atoms with Crippen LogP contribution < -0.4 is 5.32 Å². The van der Waals surface area contributed by atoms with E-state index in [0.29, 0.717) is 5.76 Å². The highest BCUT2D eigenvalue weighted by atomic mass is 16.6. The van der Waals surface area contributed by atoms with Gasteiger partial charge in [-0.3, -0.25) is 0 Å². The van der Waals surface area contributed by atoms with E-state index in [-0.39, 0.29) is 12.7 Å². The van der Waals surface area contributed by atoms with Gasteiger partial charge in [-0.15, -0.1) is 6.58 Å². The summed E-state index contributed by atoms with van der Waals surface area (Å²) >= 11 is 0. The second-order valence-electron chi connectivity index (χ2n) is 3.53. The van der Waals surface area contributed by atoms with E-state index in [1.807, 2.05) is 26.0 Å². The molecule has 1 N–H and O–H groups in total. The van der Waals surface area contributed by atoms with E-state index in [1.54, 1.807) is 0 Å². The van der Waals surface area contributed by atoms with Crippen molar-refractivity contribution >= 4 is 6.09 Å². The molecule has 0 aromatic rings. The van der Waals surface area contributed by atoms with Crippen LogP contribution in [0, 0.1) is 0 Å². The highest BCUT2D eigenvalue weighted by molar-refractivity contribution is 5.66. The summed E-state index contributed by atoms with van der Waals surface area (Å²) in [6, 6.07) is 0. The number of ether oxygens (including phenoxy) is 2. The Morgan fingerprint density at radius 2 is 2.12 bits per heavy atom. The van der Waals surface area contributed by atoms with E-state index in [1.165, 1.54) is 7.05 Å². The SMILES string of the molecule is C=CCCC=C(COC(=O)NC)OC(C)C. The highest BCUT2D eigenvalue weighted by Crippen LogP contribution is 2.06. The number of rotatable bonds is 7. The van der Waals surface area contributed by atoms with Crippen molar-refractivity contribution in [2.75, 3.05) is 13.7 Å². The fraction of sp³-hybridized carbons (Fsp3) is 0.583. The third-order valence-corrected chi connectivity index (χ3v) is 1.68. The van der Waals surface area contributed by atoms with Crippen molar-refractivity contribution in [1.82, 2.24) is 5.32 Å². The van der Waals surface area contributed by atoms with Crippen molar-refractivity contribution in [3.05, 3.63) is 24.5 Å². The van der Waals surface area contributed by atoms with Crippen LogP contribution in [-0.2, 0) is 9.47 Å². The molecule has 0 saturated carbocycles. The molecule has 0 aromatic carbocycles. The Kier molecular flexibility index (Phi) is 8.03. The van der Waals surface area contributed by atoms with Crippen LogP contribution in [0.4, 0.5) is 4.79 Å². The summed E-state index contributed by atoms with van der Waals surface area (Å²) < 4.78 is 10.4. The standard InChI is InChI=1S/C12H21NO3/c1-5-6-7-8-11(16-10(2)3)9-15-12(14)13-4/h5,8,10H,1,6-7,9H2,2-4H3,(H,13,14). The number of carbonyl (C=O) groups excluding carboxylic acids is 1. The average molecular weight is 227 g/mol. The van der Waals surface area contributed by atoms with Crippen molar-refractivity contribution in [3.8, 4) is 0 Å². The van der Waals surface area contributed by atoms with Gasteiger partial charge in [0.2, 0.25) is 0 Å². The summed E-state index contributed by atoms with van der Waals surface area (Å²) in [7, 11) is 1.52. The van der Waals surface area contributed by atoms with Crippen LogP contribution in [0.5, 0.6) is 0 Å². The summed E-state index contributed by atoms with van der Waals surface area (Å²) in [4.78, 5) is 10.9. The minimum atomic E-state index is -0.457. The van der Waals surface area contributed by atoms with E-state index in [0.717, 1.165) is 12.8 Å². The smallest absolute Gasteiger partial charge is 0.407 e. The molecule has 0 aliphatic carbocycles. The van der Waals surface area contributed by atoms with Crippen LogP contribution in [0.2, 0.25) is 0 Å². The number of unbranched alkanes of at least 4 members (excludes halogenated alkanes) is 1. The zero-order valence-electron chi connectivity index (χ0n) is 10.3. The lowest BCUT2D eigenvalue weighted by molar-refractivity contribution is 0.0934. The van der Waals surface area contributed by atoms with Gasteiger partial charge in [0.15, 0.2) is 0 Å². The Balaban J connectivity index is 4.13. The van der Waals surface area contributed by atoms with E-state index < -0.39 is 6.09 Å². The second kappa shape index (κ2) is 8.83. The van der Waals surface area contributed by atoms with Gasteiger partial charge in [0.05, 0.1) is 6.10 Å². The molecule has 0 rings (SSSR count). The van der Waals surface area contributed by atoms with Gasteiger partial charge in [0, 0.05) is 7.05 Å². The molecule has 0 heterocycles. The lowest BCUT2D eigenvalue weighted by Gasteiger charge is -2.13. The predicted octanol–water partition coefficient (Wildman–Crippen LogP) is 2.62. The molecular weight excluding hydrogens is 206 g/mol. The molecule has 0 fully saturated rings. The molecule has 4 nitrogen and oxygen atoms in total. The normalized spacial score (nSPS) is 11.1. The maximum atomic E-state index is 10.9. The van der Waals surface area contributed by atoms with Gasteiger partial charge in [-0.2, -0.15) is 0 Å². The molecule has 16 heavy (non-hydrogen) atoms. The maximum absolute atomic E-state index is 10.9. The molecule has 92 valence electrons. The summed E-state index contributed by atoms with van der Waals surface area (Å²) in [5.74, 6) is 0.681. The van der Waals surface area contributed by atoms with E-state index in [2.05, 4.69) is 11.9 Å². The molecule has 0 aliphatic heterocycles. The first-order valence-electron chi connectivity index (χ1n) is 5.41. The zero-order chi connectivity index (χ0) is 12.4. The first-order valence-corrected chi connectivity index (χ1v) is 5.41. The molecular formula is C12H21NO3. The van der Waals surface area contributed by atoms with Crippen LogP contribution in [0.25, 0.3) is 0 Å². The molecule has 0 unspecified atom stereocenters. The third-order valence-electron chi connectivity index (χ3n) is 1.68. The third kappa shape index (κ3) is 7.91. The Labute approximate surface area is 97.3 Å². The lowest BCUT2D eigenvalue weighted by atomic mass is 10.3. The lowest BCUT2D eigenvalue weighted by Crippen LogP contribution is -2.21. The molecule has 0 spiro atoms. The molecule has 0 bridgehead atoms. The highest BCUT2D eigenvalue weighted by Gasteiger charge is 2.05. The van der Waals surface area contributed by atoms with Gasteiger partial charge in [0.1, 0.15) is 12.4 Å². The fourth-order valence-electron chi connectivity index (χ4n) is 1.01. The van der Waals surface area contributed by atoms with E-state index in [9.17, 15) is 4.79 Å². The van der Waals surface area contributed by atoms with Crippen LogP contribution in [-0.4, -0.2) is 25.9 Å². The topological polar surface area (TPSA) is 47.6 Å². The largest absolute Gasteiger partial charge is 0.492 e. The number of nitrogens with one attached hydrogen (secondary N) is 1. The molecule has 0 saturated heterocycles. The van der Waals surface area contributed by atoms with Crippen molar-refractivity contribution in [1.29, 1.82) is 0 Å². The van der Waals surface area contributed by atoms with Crippen LogP contribution >= 0.6 is 0 Å². The first kappa shape index (κ1) is 14.6. The summed E-state index contributed by atoms with van der Waals surface area (Å²) in [5, 5.41) is 2.38. The molecule has 1 amide bonds. The summed E-state index contributed by atoms with van der Waals surface area (Å²) in [6.07, 6.45) is 5.09. The average Bonchev–Trinajstić information content (AvgIpc) is 2.24. The van der Waals surface area contributed by atoms with Crippen molar-refractivity contribution in [3.63, 3.8) is 0 Å². The monoisotopic (exact) mass is 227 g/mol. The van der Waals surface area contributed by atoms with Crippen LogP contribution in [0.1, 0.15) is 26.7 Å². The molecule has 0 aliphatic rings. The first-order chi connectivity index (χ1) is 7.60. The van der Waals surface area contributed by atoms with Crippen molar-refractivity contribution < 1.29 is 14.3 Å². The van der Waals surface area contributed by atoms with Crippen molar-refractivity contribution in [2.45, 2.75) is 32.8 Å². The molecule has 4 heteroatoms. The Morgan fingerprint density at radius 1 is 1.44 bits per heavy atom. The quantitative estimate of drug-likeness (QED) is 0.413. The van der Waals surface area contributed by atoms with Crippen LogP contribution in [0.15, 0.2) is 24.5 Å². The Hall–Kier alpha value is -1.45. The number of alkyl carbamates (subject to hydrolysis) is 1. The molecule has 0 atom stereocenters. The Bertz CT molecular complexity index is 247. The molecule has 0 aromatic heterocycles. The number of allylic oxidation sites excluding steroid dienone is 2. The Morgan fingerprint density at radius 3 is 2.62 bits per heavy atom. The van der Waals surface area contributed by atoms with Gasteiger partial charge >= 0.3 is 6.09 Å². The van der Waals surface area contributed by atoms with Gasteiger partial charge < -0.3 is 14.8 Å². The van der Waals surface area contributed by atoms with E-state index >= 15 is 0 Å². The zero-order valence-corrected chi connectivity index (χ0v) is 10.3. The maximum Gasteiger partial charge on any atom is 0.407 e. The summed E-state index contributed by atoms with van der Waals surface area (Å²) in [5.41, 5.74) is 0. The molecule has 0 radical (unpaired) electrons. The number of amides is 1. The fourth-order valence-corrected chi connectivity index (χ4v) is 1.01. The van der Waals surface area contributed by atoms with Crippen LogP contribution in [0.3, 0.4) is 0 Å². The minimum absolute atomic E-state index is 0.0725. The summed E-state index contributed by atoms with van der Waals surface area (Å²) in [6.45, 7) is 7.67. The number of carbonyl (C=O) groups is 1. The van der Waals surface area contributed by atoms with Gasteiger partial charge in [-0.1, -0.05) is 6.08 Å². The second-order valence-corrected chi connectivity index (χ2v) is 3.53. The van der Waals surface area contributed by atoms with Crippen molar-refractivity contribution in [2.24, 2.45) is 0 Å². The van der Waals surface area contributed by atoms with Gasteiger partial charge in [-0.05, 0) is 32.8 Å².